The van der Waals surface area contributed by atoms with E-state index in [1.807, 2.05) is 20.0 Å². The van der Waals surface area contributed by atoms with Gasteiger partial charge in [0.05, 0.1) is 24.1 Å². The second-order valence-corrected chi connectivity index (χ2v) is 7.40. The molecular weight excluding hydrogens is 344 g/mol. The fraction of sp³-hybridized carbons (Fsp3) is 0.579. The lowest BCUT2D eigenvalue weighted by molar-refractivity contribution is -0.140. The number of rotatable bonds is 6. The quantitative estimate of drug-likeness (QED) is 0.325. The number of likely N-dealkylation sites (tertiary alicyclic amines) is 1. The van der Waals surface area contributed by atoms with Crippen molar-refractivity contribution < 1.29 is 9.59 Å². The van der Waals surface area contributed by atoms with Gasteiger partial charge in [0.2, 0.25) is 11.8 Å². The van der Waals surface area contributed by atoms with Gasteiger partial charge in [-0.2, -0.15) is 5.10 Å². The summed E-state index contributed by atoms with van der Waals surface area (Å²) in [4.78, 5) is 31.4. The number of allylic oxidation sites excluding steroid dienone is 2. The third kappa shape index (κ3) is 3.13. The van der Waals surface area contributed by atoms with Gasteiger partial charge >= 0.3 is 0 Å². The van der Waals surface area contributed by atoms with Crippen LogP contribution in [0.3, 0.4) is 0 Å². The fourth-order valence-corrected chi connectivity index (χ4v) is 4.53. The van der Waals surface area contributed by atoms with Crippen LogP contribution in [0.15, 0.2) is 29.4 Å². The van der Waals surface area contributed by atoms with Crippen molar-refractivity contribution in [3.05, 3.63) is 30.1 Å². The van der Waals surface area contributed by atoms with E-state index in [1.54, 1.807) is 10.9 Å². The molecular formula is C19H26N6O2. The summed E-state index contributed by atoms with van der Waals surface area (Å²) in [6, 6.07) is 1.93. The maximum atomic E-state index is 12.7. The van der Waals surface area contributed by atoms with Crippen LogP contribution in [0.25, 0.3) is 0 Å². The van der Waals surface area contributed by atoms with Crippen molar-refractivity contribution in [3.63, 3.8) is 0 Å². The van der Waals surface area contributed by atoms with Gasteiger partial charge in [0.25, 0.3) is 0 Å². The van der Waals surface area contributed by atoms with E-state index in [-0.39, 0.29) is 35.5 Å². The number of carbonyl (C=O) groups is 2. The van der Waals surface area contributed by atoms with Gasteiger partial charge < -0.3 is 10.6 Å². The number of aromatic nitrogens is 2. The summed E-state index contributed by atoms with van der Waals surface area (Å²) < 4.78 is 1.79. The molecule has 4 atom stereocenters. The molecule has 27 heavy (non-hydrogen) atoms. The Hall–Kier alpha value is -2.64. The molecule has 2 aliphatic carbocycles. The standard InChI is InChI=1S/C19H26N6O2/c1-3-20-19(22-11-14-6-7-23-24(14)2)21-8-9-25-17(26)15-12-4-5-13(10-12)16(15)18(25)27/h4-7,12-13,15-16H,3,8-11H2,1-2H3,(H2,20,21,22). The molecule has 2 amide bonds. The molecule has 0 radical (unpaired) electrons. The van der Waals surface area contributed by atoms with Gasteiger partial charge in [0.15, 0.2) is 5.96 Å². The molecule has 1 aromatic heterocycles. The zero-order chi connectivity index (χ0) is 19.0. The van der Waals surface area contributed by atoms with Crippen molar-refractivity contribution in [2.45, 2.75) is 19.9 Å². The number of nitrogens with zero attached hydrogens (tertiary/aromatic N) is 4. The molecule has 4 unspecified atom stereocenters. The molecule has 1 saturated carbocycles. The summed E-state index contributed by atoms with van der Waals surface area (Å²) in [5.41, 5.74) is 1.01. The minimum atomic E-state index is -0.126. The van der Waals surface area contributed by atoms with E-state index in [4.69, 9.17) is 0 Å². The summed E-state index contributed by atoms with van der Waals surface area (Å²) in [7, 11) is 1.88. The zero-order valence-corrected chi connectivity index (χ0v) is 15.8. The van der Waals surface area contributed by atoms with E-state index < -0.39 is 0 Å². The SMILES string of the molecule is CCNC(=NCc1ccnn1C)NCCN1C(=O)C2C3C=CC(C3)C2C1=O. The predicted octanol–water partition coefficient (Wildman–Crippen LogP) is 0.282. The molecule has 144 valence electrons. The first-order valence-electron chi connectivity index (χ1n) is 9.62. The van der Waals surface area contributed by atoms with Gasteiger partial charge in [0.1, 0.15) is 0 Å². The maximum Gasteiger partial charge on any atom is 0.233 e. The molecule has 8 heteroatoms. The molecule has 2 N–H and O–H groups in total. The highest BCUT2D eigenvalue weighted by Crippen LogP contribution is 2.52. The maximum absolute atomic E-state index is 12.7. The fourth-order valence-electron chi connectivity index (χ4n) is 4.53. The van der Waals surface area contributed by atoms with Crippen LogP contribution in [0.2, 0.25) is 0 Å². The highest BCUT2D eigenvalue weighted by Gasteiger charge is 2.58. The van der Waals surface area contributed by atoms with Crippen molar-refractivity contribution in [3.8, 4) is 0 Å². The summed E-state index contributed by atoms with van der Waals surface area (Å²) in [5.74, 6) is 0.929. The molecule has 3 aliphatic rings. The first-order valence-corrected chi connectivity index (χ1v) is 9.62. The van der Waals surface area contributed by atoms with Gasteiger partial charge in [-0.3, -0.25) is 19.2 Å². The molecule has 2 bridgehead atoms. The van der Waals surface area contributed by atoms with Gasteiger partial charge in [-0.15, -0.1) is 0 Å². The number of imide groups is 1. The second-order valence-electron chi connectivity index (χ2n) is 7.40. The molecule has 0 aromatic carbocycles. The Labute approximate surface area is 158 Å². The number of amides is 2. The average molecular weight is 370 g/mol. The number of carbonyl (C=O) groups excluding carboxylic acids is 2. The van der Waals surface area contributed by atoms with Crippen molar-refractivity contribution in [2.24, 2.45) is 35.7 Å². The Kier molecular flexibility index (Phi) is 4.72. The molecule has 0 spiro atoms. The van der Waals surface area contributed by atoms with Crippen LogP contribution in [0.1, 0.15) is 19.0 Å². The molecule has 4 rings (SSSR count). The Morgan fingerprint density at radius 1 is 1.22 bits per heavy atom. The second kappa shape index (κ2) is 7.17. The smallest absolute Gasteiger partial charge is 0.233 e. The Balaban J connectivity index is 1.33. The lowest BCUT2D eigenvalue weighted by Crippen LogP contribution is -2.43. The molecule has 1 saturated heterocycles. The summed E-state index contributed by atoms with van der Waals surface area (Å²) >= 11 is 0. The van der Waals surface area contributed by atoms with Crippen LogP contribution < -0.4 is 10.6 Å². The lowest BCUT2D eigenvalue weighted by Gasteiger charge is -2.18. The normalized spacial score (nSPS) is 29.0. The zero-order valence-electron chi connectivity index (χ0n) is 15.8. The highest BCUT2D eigenvalue weighted by atomic mass is 16.2. The Morgan fingerprint density at radius 2 is 1.93 bits per heavy atom. The summed E-state index contributed by atoms with van der Waals surface area (Å²) in [6.07, 6.45) is 6.94. The lowest BCUT2D eigenvalue weighted by atomic mass is 9.85. The summed E-state index contributed by atoms with van der Waals surface area (Å²) in [6.45, 7) is 4.10. The first kappa shape index (κ1) is 17.8. The summed E-state index contributed by atoms with van der Waals surface area (Å²) in [5, 5.41) is 10.5. The van der Waals surface area contributed by atoms with E-state index in [0.717, 1.165) is 18.7 Å². The monoisotopic (exact) mass is 370 g/mol. The first-order chi connectivity index (χ1) is 13.1. The minimum absolute atomic E-state index is 0.000439. The van der Waals surface area contributed by atoms with Gasteiger partial charge in [-0.05, 0) is 31.2 Å². The van der Waals surface area contributed by atoms with Crippen LogP contribution in [0.5, 0.6) is 0 Å². The minimum Gasteiger partial charge on any atom is -0.357 e. The molecule has 1 aromatic rings. The topological polar surface area (TPSA) is 91.6 Å². The number of aryl methyl sites for hydroxylation is 1. The van der Waals surface area contributed by atoms with Gasteiger partial charge in [0, 0.05) is 32.9 Å². The van der Waals surface area contributed by atoms with Crippen LogP contribution in [-0.4, -0.2) is 52.1 Å². The molecule has 2 fully saturated rings. The predicted molar refractivity (Wildman–Crippen MR) is 100 cm³/mol. The van der Waals surface area contributed by atoms with E-state index >= 15 is 0 Å². The number of fused-ring (bicyclic) bond motifs is 5. The third-order valence-corrected chi connectivity index (χ3v) is 5.86. The third-order valence-electron chi connectivity index (χ3n) is 5.86. The molecule has 1 aliphatic heterocycles. The van der Waals surface area contributed by atoms with Crippen LogP contribution in [0, 0.1) is 23.7 Å². The van der Waals surface area contributed by atoms with E-state index in [9.17, 15) is 9.59 Å². The van der Waals surface area contributed by atoms with E-state index in [1.165, 1.54) is 4.90 Å². The Morgan fingerprint density at radius 3 is 2.52 bits per heavy atom. The van der Waals surface area contributed by atoms with Crippen LogP contribution in [0.4, 0.5) is 0 Å². The molecule has 2 heterocycles. The van der Waals surface area contributed by atoms with Crippen LogP contribution in [-0.2, 0) is 23.2 Å². The molecule has 8 nitrogen and oxygen atoms in total. The van der Waals surface area contributed by atoms with Crippen molar-refractivity contribution in [1.82, 2.24) is 25.3 Å². The van der Waals surface area contributed by atoms with Gasteiger partial charge in [-0.1, -0.05) is 12.2 Å². The number of hydrogen-bond donors (Lipinski definition) is 2. The average Bonchev–Trinajstić information content (AvgIpc) is 3.41. The van der Waals surface area contributed by atoms with Crippen molar-refractivity contribution >= 4 is 17.8 Å². The van der Waals surface area contributed by atoms with Crippen molar-refractivity contribution in [2.75, 3.05) is 19.6 Å². The highest BCUT2D eigenvalue weighted by molar-refractivity contribution is 6.06. The number of nitrogens with one attached hydrogen (secondary N) is 2. The van der Waals surface area contributed by atoms with Crippen LogP contribution >= 0.6 is 0 Å². The van der Waals surface area contributed by atoms with E-state index in [2.05, 4.69) is 32.9 Å². The Bertz CT molecular complexity index is 768. The number of hydrogen-bond acceptors (Lipinski definition) is 4. The number of aliphatic imine (C=N–C) groups is 1. The van der Waals surface area contributed by atoms with Crippen molar-refractivity contribution in [1.29, 1.82) is 0 Å². The number of guanidine groups is 1. The largest absolute Gasteiger partial charge is 0.357 e. The van der Waals surface area contributed by atoms with Gasteiger partial charge in [-0.25, -0.2) is 4.99 Å². The van der Waals surface area contributed by atoms with E-state index in [0.29, 0.717) is 25.6 Å².